The fourth-order valence-electron chi connectivity index (χ4n) is 5.68. The minimum Gasteiger partial charge on any atom is -0.396 e. The number of hydrogen-bond donors (Lipinski definition) is 6. The maximum atomic E-state index is 13.5. The van der Waals surface area contributed by atoms with Crippen molar-refractivity contribution >= 4 is 7.82 Å². The molecular weight excluding hydrogens is 623 g/mol. The summed E-state index contributed by atoms with van der Waals surface area (Å²) >= 11 is 0. The van der Waals surface area contributed by atoms with E-state index in [-0.39, 0.29) is 39.1 Å². The Morgan fingerprint density at radius 1 is 0.319 bits per heavy atom. The Balaban J connectivity index is 4.52. The van der Waals surface area contributed by atoms with Crippen LogP contribution in [-0.4, -0.2) is 69.3 Å². The lowest BCUT2D eigenvalue weighted by Crippen LogP contribution is -2.21. The number of aliphatic hydroxyl groups excluding tert-OH is 6. The lowest BCUT2D eigenvalue weighted by molar-refractivity contribution is -0.123. The van der Waals surface area contributed by atoms with E-state index in [2.05, 4.69) is 0 Å². The summed E-state index contributed by atoms with van der Waals surface area (Å²) in [5, 5.41) is 58.1. The van der Waals surface area contributed by atoms with Gasteiger partial charge in [0.25, 0.3) is 0 Å². The van der Waals surface area contributed by atoms with Crippen molar-refractivity contribution in [1.82, 2.24) is 0 Å². The minimum absolute atomic E-state index is 0.249. The molecule has 10 nitrogen and oxygen atoms in total. The van der Waals surface area contributed by atoms with Gasteiger partial charge >= 0.3 is 7.82 Å². The Morgan fingerprint density at radius 3 is 0.681 bits per heavy atom. The van der Waals surface area contributed by atoms with Crippen LogP contribution < -0.4 is 0 Å². The van der Waals surface area contributed by atoms with Crippen LogP contribution in [0.2, 0.25) is 0 Å². The molecule has 0 bridgehead atoms. The van der Waals surface area contributed by atoms with Gasteiger partial charge in [-0.25, -0.2) is 4.57 Å². The quantitative estimate of drug-likeness (QED) is 0.0208. The summed E-state index contributed by atoms with van der Waals surface area (Å²) in [5.74, 6) is 0. The minimum atomic E-state index is -4.43. The Morgan fingerprint density at radius 2 is 0.489 bits per heavy atom. The third kappa shape index (κ3) is 34.1. The van der Waals surface area contributed by atoms with Gasteiger partial charge in [-0.15, -0.1) is 0 Å². The van der Waals surface area contributed by atoms with Gasteiger partial charge in [0.15, 0.2) is 18.9 Å². The number of phosphoric ester groups is 1. The van der Waals surface area contributed by atoms with Crippen LogP contribution in [0.1, 0.15) is 193 Å². The maximum absolute atomic E-state index is 13.5. The molecule has 47 heavy (non-hydrogen) atoms. The Kier molecular flexibility index (Phi) is 35.6. The zero-order valence-corrected chi connectivity index (χ0v) is 30.7. The molecule has 0 radical (unpaired) electrons. The standard InChI is InChI=1S/C36H75O10P/c37-31-25-19-13-7-1-4-10-16-22-28-34(40)44-47(43,45-35(41)29-23-17-11-5-2-8-14-20-26-32-38)46-36(42)30-24-18-12-6-3-9-15-21-27-33-39/h34-42H,1-33H2. The molecule has 0 aliphatic rings. The van der Waals surface area contributed by atoms with Crippen molar-refractivity contribution in [2.45, 2.75) is 211 Å². The highest BCUT2D eigenvalue weighted by molar-refractivity contribution is 7.48. The average Bonchev–Trinajstić information content (AvgIpc) is 3.03. The first-order chi connectivity index (χ1) is 22.9. The van der Waals surface area contributed by atoms with E-state index in [0.29, 0.717) is 19.3 Å². The third-order valence-corrected chi connectivity index (χ3v) is 10.1. The number of rotatable bonds is 39. The molecular formula is C36H75O10P. The van der Waals surface area contributed by atoms with Crippen molar-refractivity contribution in [2.24, 2.45) is 0 Å². The van der Waals surface area contributed by atoms with Gasteiger partial charge in [0, 0.05) is 19.8 Å². The summed E-state index contributed by atoms with van der Waals surface area (Å²) in [5.41, 5.74) is 0. The summed E-state index contributed by atoms with van der Waals surface area (Å²) < 4.78 is 29.6. The molecule has 0 saturated carbocycles. The highest BCUT2D eigenvalue weighted by Gasteiger charge is 2.35. The van der Waals surface area contributed by atoms with E-state index in [1.807, 2.05) is 0 Å². The second kappa shape index (κ2) is 35.7. The van der Waals surface area contributed by atoms with Gasteiger partial charge in [-0.05, 0) is 57.8 Å². The molecule has 3 atom stereocenters. The highest BCUT2D eigenvalue weighted by atomic mass is 31.2. The lowest BCUT2D eigenvalue weighted by Gasteiger charge is -2.25. The fourth-order valence-corrected chi connectivity index (χ4v) is 7.04. The van der Waals surface area contributed by atoms with Crippen molar-refractivity contribution in [3.05, 3.63) is 0 Å². The lowest BCUT2D eigenvalue weighted by atomic mass is 10.1. The maximum Gasteiger partial charge on any atom is 0.481 e. The molecule has 284 valence electrons. The van der Waals surface area contributed by atoms with Crippen molar-refractivity contribution in [3.63, 3.8) is 0 Å². The predicted octanol–water partition coefficient (Wildman–Crippen LogP) is 8.78. The van der Waals surface area contributed by atoms with Gasteiger partial charge in [-0.2, -0.15) is 0 Å². The first-order valence-electron chi connectivity index (χ1n) is 19.4. The molecule has 0 aromatic carbocycles. The van der Waals surface area contributed by atoms with Crippen LogP contribution in [0.3, 0.4) is 0 Å². The zero-order valence-electron chi connectivity index (χ0n) is 29.8. The van der Waals surface area contributed by atoms with Crippen molar-refractivity contribution < 1.29 is 48.8 Å². The van der Waals surface area contributed by atoms with Crippen LogP contribution >= 0.6 is 7.82 Å². The normalized spacial score (nSPS) is 15.1. The molecule has 0 amide bonds. The van der Waals surface area contributed by atoms with E-state index in [0.717, 1.165) is 154 Å². The topological polar surface area (TPSA) is 166 Å². The molecule has 11 heteroatoms. The summed E-state index contributed by atoms with van der Waals surface area (Å²) in [6, 6.07) is 0. The van der Waals surface area contributed by atoms with Gasteiger partial charge < -0.3 is 30.6 Å². The predicted molar refractivity (Wildman–Crippen MR) is 189 cm³/mol. The zero-order chi connectivity index (χ0) is 34.7. The monoisotopic (exact) mass is 699 g/mol. The molecule has 0 aromatic rings. The summed E-state index contributed by atoms with van der Waals surface area (Å²) in [7, 11) is -4.43. The van der Waals surface area contributed by atoms with Gasteiger partial charge in [0.1, 0.15) is 0 Å². The molecule has 6 N–H and O–H groups in total. The van der Waals surface area contributed by atoms with Crippen molar-refractivity contribution in [1.29, 1.82) is 0 Å². The molecule has 0 saturated heterocycles. The molecule has 0 fully saturated rings. The highest BCUT2D eigenvalue weighted by Crippen LogP contribution is 2.53. The van der Waals surface area contributed by atoms with Crippen LogP contribution in [0, 0.1) is 0 Å². The summed E-state index contributed by atoms with van der Waals surface area (Å²) in [6.45, 7) is 0.773. The first kappa shape index (κ1) is 46.9. The van der Waals surface area contributed by atoms with Crippen LogP contribution in [0.4, 0.5) is 0 Å². The molecule has 0 aliphatic heterocycles. The molecule has 0 aromatic heterocycles. The smallest absolute Gasteiger partial charge is 0.396 e. The summed E-state index contributed by atoms with van der Waals surface area (Å²) in [6.07, 6.45) is 23.8. The van der Waals surface area contributed by atoms with E-state index in [4.69, 9.17) is 28.9 Å². The summed E-state index contributed by atoms with van der Waals surface area (Å²) in [4.78, 5) is 0. The Bertz CT molecular complexity index is 586. The van der Waals surface area contributed by atoms with E-state index < -0.39 is 26.7 Å². The van der Waals surface area contributed by atoms with Crippen LogP contribution in [0.15, 0.2) is 0 Å². The third-order valence-electron chi connectivity index (χ3n) is 8.58. The van der Waals surface area contributed by atoms with Crippen molar-refractivity contribution in [2.75, 3.05) is 19.8 Å². The van der Waals surface area contributed by atoms with E-state index in [9.17, 15) is 19.9 Å². The van der Waals surface area contributed by atoms with Gasteiger partial charge in [-0.3, -0.25) is 13.6 Å². The van der Waals surface area contributed by atoms with E-state index in [1.54, 1.807) is 0 Å². The SMILES string of the molecule is O=P(OC(O)CCCCCCCCCCCO)(OC(O)CCCCCCCCCCCO)OC(O)CCCCCCCCCCCO. The van der Waals surface area contributed by atoms with Gasteiger partial charge in [0.2, 0.25) is 0 Å². The van der Waals surface area contributed by atoms with E-state index >= 15 is 0 Å². The molecule has 0 spiro atoms. The largest absolute Gasteiger partial charge is 0.481 e. The average molecular weight is 699 g/mol. The number of unbranched alkanes of at least 4 members (excludes halogenated alkanes) is 24. The Labute approximate surface area is 287 Å². The first-order valence-corrected chi connectivity index (χ1v) is 20.8. The fraction of sp³-hybridized carbons (Fsp3) is 1.00. The second-order valence-corrected chi connectivity index (χ2v) is 14.7. The number of aliphatic hydroxyl groups is 6. The van der Waals surface area contributed by atoms with E-state index in [1.165, 1.54) is 0 Å². The van der Waals surface area contributed by atoms with Crippen molar-refractivity contribution in [3.8, 4) is 0 Å². The molecule has 3 unspecified atom stereocenters. The number of phosphoric acid groups is 1. The van der Waals surface area contributed by atoms with Gasteiger partial charge in [0.05, 0.1) is 0 Å². The Hall–Kier alpha value is -0.130. The van der Waals surface area contributed by atoms with Gasteiger partial charge in [-0.1, -0.05) is 135 Å². The number of hydrogen-bond acceptors (Lipinski definition) is 10. The molecule has 0 rings (SSSR count). The van der Waals surface area contributed by atoms with Crippen LogP contribution in [0.25, 0.3) is 0 Å². The second-order valence-electron chi connectivity index (χ2n) is 13.2. The molecule has 0 heterocycles. The van der Waals surface area contributed by atoms with Crippen LogP contribution in [-0.2, 0) is 18.1 Å². The van der Waals surface area contributed by atoms with Crippen LogP contribution in [0.5, 0.6) is 0 Å². The molecule has 0 aliphatic carbocycles.